The van der Waals surface area contributed by atoms with Crippen molar-refractivity contribution in [2.24, 2.45) is 0 Å². The van der Waals surface area contributed by atoms with Crippen molar-refractivity contribution in [1.29, 1.82) is 5.26 Å². The van der Waals surface area contributed by atoms with E-state index in [1.54, 1.807) is 18.2 Å². The van der Waals surface area contributed by atoms with Gasteiger partial charge in [-0.2, -0.15) is 5.26 Å². The molecule has 28 heavy (non-hydrogen) atoms. The van der Waals surface area contributed by atoms with E-state index in [1.165, 1.54) is 0 Å². The Morgan fingerprint density at radius 3 is 2.57 bits per heavy atom. The molecule has 1 fully saturated rings. The molecule has 1 aliphatic heterocycles. The molecule has 0 saturated carbocycles. The van der Waals surface area contributed by atoms with Gasteiger partial charge in [-0.15, -0.1) is 0 Å². The van der Waals surface area contributed by atoms with Gasteiger partial charge >= 0.3 is 0 Å². The van der Waals surface area contributed by atoms with E-state index in [9.17, 15) is 15.2 Å². The van der Waals surface area contributed by atoms with Gasteiger partial charge in [-0.25, -0.2) is 0 Å². The number of nitriles is 1. The zero-order valence-corrected chi connectivity index (χ0v) is 15.3. The largest absolute Gasteiger partial charge is 0.506 e. The second kappa shape index (κ2) is 7.62. The van der Waals surface area contributed by atoms with Gasteiger partial charge in [-0.3, -0.25) is 9.69 Å². The third-order valence-corrected chi connectivity index (χ3v) is 4.92. The van der Waals surface area contributed by atoms with Crippen LogP contribution < -0.4 is 10.2 Å². The molecule has 0 unspecified atom stereocenters. The predicted octanol–water partition coefficient (Wildman–Crippen LogP) is 2.77. The lowest BCUT2D eigenvalue weighted by Gasteiger charge is -2.35. The molecule has 0 radical (unpaired) electrons. The highest BCUT2D eigenvalue weighted by Crippen LogP contribution is 2.30. The molecule has 2 heterocycles. The molecule has 0 spiro atoms. The SMILES string of the molecule is N#Cc1oc2ccccc2c1NC(=O)CN1CCN(c2ccccc2O)CC1. The van der Waals surface area contributed by atoms with E-state index in [-0.39, 0.29) is 24.0 Å². The standard InChI is InChI=1S/C21H20N4O3/c22-13-19-21(15-5-1-4-8-18(15)28-19)23-20(27)14-24-9-11-25(12-10-24)16-6-2-3-7-17(16)26/h1-8,26H,9-12,14H2,(H,23,27). The maximum absolute atomic E-state index is 12.5. The number of fused-ring (bicyclic) bond motifs is 1. The van der Waals surface area contributed by atoms with Gasteiger partial charge in [0.15, 0.2) is 0 Å². The number of piperazine rings is 1. The number of carbonyl (C=O) groups excluding carboxylic acids is 1. The number of hydrogen-bond donors (Lipinski definition) is 2. The van der Waals surface area contributed by atoms with Gasteiger partial charge in [0.1, 0.15) is 23.1 Å². The molecule has 2 N–H and O–H groups in total. The lowest BCUT2D eigenvalue weighted by molar-refractivity contribution is -0.117. The van der Waals surface area contributed by atoms with Crippen LogP contribution in [0.4, 0.5) is 11.4 Å². The second-order valence-corrected chi connectivity index (χ2v) is 6.71. The van der Waals surface area contributed by atoms with Gasteiger partial charge in [0.25, 0.3) is 0 Å². The highest BCUT2D eigenvalue weighted by atomic mass is 16.3. The number of anilines is 2. The highest BCUT2D eigenvalue weighted by molar-refractivity contribution is 6.03. The van der Waals surface area contributed by atoms with Crippen molar-refractivity contribution in [2.45, 2.75) is 0 Å². The summed E-state index contributed by atoms with van der Waals surface area (Å²) in [5.74, 6) is 0.197. The topological polar surface area (TPSA) is 92.7 Å². The molecule has 0 bridgehead atoms. The first-order chi connectivity index (χ1) is 13.7. The van der Waals surface area contributed by atoms with Crippen LogP contribution in [0.1, 0.15) is 5.76 Å². The number of aromatic hydroxyl groups is 1. The van der Waals surface area contributed by atoms with Gasteiger partial charge in [0, 0.05) is 31.6 Å². The van der Waals surface area contributed by atoms with E-state index in [0.717, 1.165) is 24.2 Å². The van der Waals surface area contributed by atoms with Crippen molar-refractivity contribution in [3.8, 4) is 11.8 Å². The first-order valence-corrected chi connectivity index (χ1v) is 9.12. The molecule has 1 aromatic heterocycles. The number of phenols is 1. The molecule has 7 heteroatoms. The minimum Gasteiger partial charge on any atom is -0.506 e. The molecule has 1 aliphatic rings. The Kier molecular flexibility index (Phi) is 4.87. The molecule has 0 aliphatic carbocycles. The molecular formula is C21H20N4O3. The van der Waals surface area contributed by atoms with E-state index >= 15 is 0 Å². The van der Waals surface area contributed by atoms with E-state index in [1.807, 2.05) is 36.4 Å². The zero-order chi connectivity index (χ0) is 19.5. The van der Waals surface area contributed by atoms with Crippen molar-refractivity contribution >= 4 is 28.3 Å². The lowest BCUT2D eigenvalue weighted by Crippen LogP contribution is -2.48. The number of hydrogen-bond acceptors (Lipinski definition) is 6. The Morgan fingerprint density at radius 1 is 1.11 bits per heavy atom. The van der Waals surface area contributed by atoms with E-state index in [0.29, 0.717) is 24.4 Å². The summed E-state index contributed by atoms with van der Waals surface area (Å²) < 4.78 is 5.49. The van der Waals surface area contributed by atoms with Crippen molar-refractivity contribution < 1.29 is 14.3 Å². The Labute approximate surface area is 162 Å². The van der Waals surface area contributed by atoms with Gasteiger partial charge in [-0.1, -0.05) is 24.3 Å². The minimum absolute atomic E-state index is 0.110. The molecule has 3 aromatic rings. The number of amides is 1. The molecule has 0 atom stereocenters. The first-order valence-electron chi connectivity index (χ1n) is 9.12. The summed E-state index contributed by atoms with van der Waals surface area (Å²) in [5.41, 5.74) is 1.82. The Bertz CT molecular complexity index is 1050. The quantitative estimate of drug-likeness (QED) is 0.727. The number of phenolic OH excluding ortho intramolecular Hbond substituents is 1. The Hall–Kier alpha value is -3.50. The normalized spacial score (nSPS) is 14.8. The van der Waals surface area contributed by atoms with Crippen molar-refractivity contribution in [1.82, 2.24) is 4.90 Å². The number of carbonyl (C=O) groups is 1. The summed E-state index contributed by atoms with van der Waals surface area (Å²) >= 11 is 0. The first kappa shape index (κ1) is 17.9. The Balaban J connectivity index is 1.38. The van der Waals surface area contributed by atoms with Gasteiger partial charge in [0.2, 0.25) is 11.7 Å². The summed E-state index contributed by atoms with van der Waals surface area (Å²) in [4.78, 5) is 16.7. The van der Waals surface area contributed by atoms with Crippen LogP contribution in [0.2, 0.25) is 0 Å². The fraction of sp³-hybridized carbons (Fsp3) is 0.238. The van der Waals surface area contributed by atoms with Crippen LogP contribution in [0.15, 0.2) is 52.9 Å². The van der Waals surface area contributed by atoms with Crippen LogP contribution in [-0.2, 0) is 4.79 Å². The summed E-state index contributed by atoms with van der Waals surface area (Å²) in [6.07, 6.45) is 0. The van der Waals surface area contributed by atoms with Crippen LogP contribution in [-0.4, -0.2) is 48.6 Å². The second-order valence-electron chi connectivity index (χ2n) is 6.71. The van der Waals surface area contributed by atoms with Gasteiger partial charge < -0.3 is 19.7 Å². The summed E-state index contributed by atoms with van der Waals surface area (Å²) in [7, 11) is 0. The van der Waals surface area contributed by atoms with Crippen LogP contribution in [0.3, 0.4) is 0 Å². The number of rotatable bonds is 4. The predicted molar refractivity (Wildman–Crippen MR) is 106 cm³/mol. The van der Waals surface area contributed by atoms with E-state index in [4.69, 9.17) is 4.42 Å². The number of furan rings is 1. The molecule has 1 amide bonds. The molecule has 4 rings (SSSR count). The Morgan fingerprint density at radius 2 is 1.82 bits per heavy atom. The smallest absolute Gasteiger partial charge is 0.238 e. The number of benzene rings is 2. The summed E-state index contributed by atoms with van der Waals surface area (Å²) in [5, 5.41) is 22.8. The molecule has 2 aromatic carbocycles. The van der Waals surface area contributed by atoms with Crippen LogP contribution >= 0.6 is 0 Å². The fourth-order valence-electron chi connectivity index (χ4n) is 3.51. The molecule has 142 valence electrons. The number of nitrogens with one attached hydrogen (secondary N) is 1. The lowest BCUT2D eigenvalue weighted by atomic mass is 10.2. The van der Waals surface area contributed by atoms with Crippen LogP contribution in [0.5, 0.6) is 5.75 Å². The number of para-hydroxylation sites is 3. The van der Waals surface area contributed by atoms with E-state index in [2.05, 4.69) is 15.1 Å². The minimum atomic E-state index is -0.181. The van der Waals surface area contributed by atoms with Crippen LogP contribution in [0, 0.1) is 11.3 Å². The fourth-order valence-corrected chi connectivity index (χ4v) is 3.51. The van der Waals surface area contributed by atoms with Crippen LogP contribution in [0.25, 0.3) is 11.0 Å². The van der Waals surface area contributed by atoms with E-state index < -0.39 is 0 Å². The summed E-state index contributed by atoms with van der Waals surface area (Å²) in [6.45, 7) is 3.10. The molecule has 1 saturated heterocycles. The average Bonchev–Trinajstić information content (AvgIpc) is 3.07. The third kappa shape index (κ3) is 3.50. The zero-order valence-electron chi connectivity index (χ0n) is 15.3. The van der Waals surface area contributed by atoms with Crippen molar-refractivity contribution in [3.05, 3.63) is 54.3 Å². The molecule has 7 nitrogen and oxygen atoms in total. The third-order valence-electron chi connectivity index (χ3n) is 4.92. The van der Waals surface area contributed by atoms with Crippen molar-refractivity contribution in [2.75, 3.05) is 42.9 Å². The van der Waals surface area contributed by atoms with Gasteiger partial charge in [0.05, 0.1) is 12.2 Å². The number of nitrogens with zero attached hydrogens (tertiary/aromatic N) is 3. The van der Waals surface area contributed by atoms with Gasteiger partial charge in [-0.05, 0) is 24.3 Å². The van der Waals surface area contributed by atoms with Crippen molar-refractivity contribution in [3.63, 3.8) is 0 Å². The maximum atomic E-state index is 12.5. The highest BCUT2D eigenvalue weighted by Gasteiger charge is 2.22. The molecular weight excluding hydrogens is 356 g/mol. The average molecular weight is 376 g/mol. The monoisotopic (exact) mass is 376 g/mol. The summed E-state index contributed by atoms with van der Waals surface area (Å²) in [6, 6.07) is 16.5. The maximum Gasteiger partial charge on any atom is 0.238 e.